The third kappa shape index (κ3) is 4.74. The number of hydrogen-bond acceptors (Lipinski definition) is 5. The highest BCUT2D eigenvalue weighted by molar-refractivity contribution is 7.89. The molecule has 1 aromatic heterocycles. The Bertz CT molecular complexity index is 1350. The number of piperazine rings is 1. The fraction of sp³-hybridized carbons (Fsp3) is 0.292. The maximum absolute atomic E-state index is 13.1. The normalized spacial score (nSPS) is 14.9. The van der Waals surface area contributed by atoms with Crippen LogP contribution in [-0.2, 0) is 14.8 Å². The summed E-state index contributed by atoms with van der Waals surface area (Å²) >= 11 is 0. The van der Waals surface area contributed by atoms with Crippen LogP contribution in [0.2, 0.25) is 0 Å². The van der Waals surface area contributed by atoms with E-state index >= 15 is 0 Å². The number of aromatic nitrogens is 1. The van der Waals surface area contributed by atoms with E-state index in [4.69, 9.17) is 0 Å². The second-order valence-electron chi connectivity index (χ2n) is 8.22. The Morgan fingerprint density at radius 3 is 2.39 bits per heavy atom. The first-order valence-electron chi connectivity index (χ1n) is 10.7. The van der Waals surface area contributed by atoms with E-state index in [0.29, 0.717) is 18.8 Å². The van der Waals surface area contributed by atoms with Gasteiger partial charge < -0.3 is 10.2 Å². The number of carbonyl (C=O) groups excluding carboxylic acids is 2. The Hall–Kier alpha value is -3.30. The number of aryl methyl sites for hydroxylation is 2. The molecule has 0 spiro atoms. The van der Waals surface area contributed by atoms with Gasteiger partial charge in [0.25, 0.3) is 5.91 Å². The number of hydrogen-bond donors (Lipinski definition) is 1. The predicted octanol–water partition coefficient (Wildman–Crippen LogP) is 2.96. The summed E-state index contributed by atoms with van der Waals surface area (Å²) < 4.78 is 27.6. The van der Waals surface area contributed by atoms with Crippen molar-refractivity contribution in [2.75, 3.05) is 31.5 Å². The lowest BCUT2D eigenvalue weighted by molar-refractivity contribution is -0.129. The molecule has 0 saturated carbocycles. The number of nitrogens with one attached hydrogen (secondary N) is 1. The van der Waals surface area contributed by atoms with Crippen molar-refractivity contribution in [1.29, 1.82) is 0 Å². The molecule has 0 radical (unpaired) electrons. The molecule has 0 aliphatic carbocycles. The zero-order valence-corrected chi connectivity index (χ0v) is 19.6. The van der Waals surface area contributed by atoms with Crippen molar-refractivity contribution >= 4 is 38.4 Å². The number of fused-ring (bicyclic) bond motifs is 1. The molecule has 0 unspecified atom stereocenters. The third-order valence-electron chi connectivity index (χ3n) is 5.76. The summed E-state index contributed by atoms with van der Waals surface area (Å²) in [5.41, 5.74) is 3.45. The lowest BCUT2D eigenvalue weighted by Gasteiger charge is -2.33. The molecule has 0 bridgehead atoms. The summed E-state index contributed by atoms with van der Waals surface area (Å²) in [6.45, 7) is 6.44. The molecule has 4 rings (SSSR count). The molecule has 1 aliphatic rings. The van der Waals surface area contributed by atoms with Crippen LogP contribution in [0.15, 0.2) is 53.4 Å². The Balaban J connectivity index is 1.58. The van der Waals surface area contributed by atoms with E-state index in [9.17, 15) is 18.0 Å². The average molecular weight is 467 g/mol. The minimum atomic E-state index is -3.78. The molecule has 3 aromatic rings. The van der Waals surface area contributed by atoms with Crippen LogP contribution in [-0.4, -0.2) is 60.6 Å². The topological polar surface area (TPSA) is 99.7 Å². The van der Waals surface area contributed by atoms with E-state index in [0.717, 1.165) is 22.2 Å². The Morgan fingerprint density at radius 2 is 1.70 bits per heavy atom. The van der Waals surface area contributed by atoms with Crippen LogP contribution in [0.1, 0.15) is 28.5 Å². The smallest absolute Gasteiger partial charge is 0.255 e. The quantitative estimate of drug-likeness (QED) is 0.637. The van der Waals surface area contributed by atoms with Crippen molar-refractivity contribution in [1.82, 2.24) is 14.2 Å². The van der Waals surface area contributed by atoms with Gasteiger partial charge in [0.1, 0.15) is 0 Å². The van der Waals surface area contributed by atoms with Gasteiger partial charge in [0.2, 0.25) is 15.9 Å². The van der Waals surface area contributed by atoms with Gasteiger partial charge in [0, 0.05) is 49.7 Å². The molecule has 1 aliphatic heterocycles. The van der Waals surface area contributed by atoms with E-state index < -0.39 is 15.9 Å². The van der Waals surface area contributed by atoms with Gasteiger partial charge >= 0.3 is 0 Å². The summed E-state index contributed by atoms with van der Waals surface area (Å²) in [5, 5.41) is 3.73. The summed E-state index contributed by atoms with van der Waals surface area (Å²) in [7, 11) is -3.78. The molecular weight excluding hydrogens is 440 g/mol. The summed E-state index contributed by atoms with van der Waals surface area (Å²) in [6.07, 6.45) is 0. The second kappa shape index (κ2) is 8.92. The minimum absolute atomic E-state index is 0.0537. The minimum Gasteiger partial charge on any atom is -0.340 e. The highest BCUT2D eigenvalue weighted by atomic mass is 32.2. The first-order valence-corrected chi connectivity index (χ1v) is 12.1. The van der Waals surface area contributed by atoms with Crippen molar-refractivity contribution in [2.45, 2.75) is 25.7 Å². The third-order valence-corrected chi connectivity index (χ3v) is 7.65. The molecule has 2 heterocycles. The van der Waals surface area contributed by atoms with Gasteiger partial charge in [-0.15, -0.1) is 0 Å². The highest BCUT2D eigenvalue weighted by Crippen LogP contribution is 2.26. The number of rotatable bonds is 4. The average Bonchev–Trinajstić information content (AvgIpc) is 2.79. The molecule has 8 nitrogen and oxygen atoms in total. The van der Waals surface area contributed by atoms with E-state index in [2.05, 4.69) is 10.3 Å². The van der Waals surface area contributed by atoms with Crippen LogP contribution in [0.25, 0.3) is 10.9 Å². The van der Waals surface area contributed by atoms with E-state index in [1.54, 1.807) is 23.1 Å². The molecule has 1 N–H and O–H groups in total. The molecule has 1 fully saturated rings. The van der Waals surface area contributed by atoms with Gasteiger partial charge in [-0.25, -0.2) is 8.42 Å². The number of pyridine rings is 1. The lowest BCUT2D eigenvalue weighted by atomic mass is 10.1. The van der Waals surface area contributed by atoms with Gasteiger partial charge in [0.05, 0.1) is 16.1 Å². The first kappa shape index (κ1) is 22.9. The molecule has 2 amide bonds. The zero-order valence-electron chi connectivity index (χ0n) is 18.8. The summed E-state index contributed by atoms with van der Waals surface area (Å²) in [5.74, 6) is -0.471. The zero-order chi connectivity index (χ0) is 23.8. The number of amides is 2. The van der Waals surface area contributed by atoms with Crippen LogP contribution in [0.5, 0.6) is 0 Å². The van der Waals surface area contributed by atoms with Crippen molar-refractivity contribution in [3.63, 3.8) is 0 Å². The molecule has 172 valence electrons. The van der Waals surface area contributed by atoms with Gasteiger partial charge in [-0.1, -0.05) is 17.7 Å². The standard InChI is InChI=1S/C24H26N4O4S/c1-16-7-8-22-21(13-16)23(14-17(2)25-22)26-24(30)19-5-4-6-20(15-19)33(31,32)28-11-9-27(10-12-28)18(3)29/h4-8,13-15H,9-12H2,1-3H3,(H,25,26,30). The molecule has 1 saturated heterocycles. The Morgan fingerprint density at radius 1 is 0.970 bits per heavy atom. The largest absolute Gasteiger partial charge is 0.340 e. The number of nitrogens with zero attached hydrogens (tertiary/aromatic N) is 3. The van der Waals surface area contributed by atoms with Crippen LogP contribution in [0.4, 0.5) is 5.69 Å². The SMILES string of the molecule is CC(=O)N1CCN(S(=O)(=O)c2cccc(C(=O)Nc3cc(C)nc4ccc(C)cc34)c2)CC1. The summed E-state index contributed by atoms with van der Waals surface area (Å²) in [6, 6.07) is 13.7. The number of carbonyl (C=O) groups is 2. The second-order valence-corrected chi connectivity index (χ2v) is 10.2. The van der Waals surface area contributed by atoms with Gasteiger partial charge in [-0.05, 0) is 50.2 Å². The van der Waals surface area contributed by atoms with Crippen molar-refractivity contribution in [3.8, 4) is 0 Å². The highest BCUT2D eigenvalue weighted by Gasteiger charge is 2.29. The predicted molar refractivity (Wildman–Crippen MR) is 127 cm³/mol. The molecule has 0 atom stereocenters. The number of anilines is 1. The van der Waals surface area contributed by atoms with Gasteiger partial charge in [-0.2, -0.15) is 4.31 Å². The Labute approximate surface area is 193 Å². The fourth-order valence-electron chi connectivity index (χ4n) is 3.96. The van der Waals surface area contributed by atoms with Crippen molar-refractivity contribution in [3.05, 3.63) is 65.4 Å². The van der Waals surface area contributed by atoms with Crippen LogP contribution in [0, 0.1) is 13.8 Å². The van der Waals surface area contributed by atoms with Crippen molar-refractivity contribution < 1.29 is 18.0 Å². The molecule has 9 heteroatoms. The summed E-state index contributed by atoms with van der Waals surface area (Å²) in [4.78, 5) is 30.8. The number of sulfonamides is 1. The van der Waals surface area contributed by atoms with E-state index in [-0.39, 0.29) is 29.5 Å². The van der Waals surface area contributed by atoms with Gasteiger partial charge in [0.15, 0.2) is 0 Å². The van der Waals surface area contributed by atoms with E-state index in [1.807, 2.05) is 32.0 Å². The molecule has 2 aromatic carbocycles. The van der Waals surface area contributed by atoms with Crippen LogP contribution >= 0.6 is 0 Å². The fourth-order valence-corrected chi connectivity index (χ4v) is 5.43. The molecule has 33 heavy (non-hydrogen) atoms. The lowest BCUT2D eigenvalue weighted by Crippen LogP contribution is -2.49. The van der Waals surface area contributed by atoms with Crippen molar-refractivity contribution in [2.24, 2.45) is 0 Å². The van der Waals surface area contributed by atoms with E-state index in [1.165, 1.54) is 23.4 Å². The van der Waals surface area contributed by atoms with Crippen LogP contribution in [0.3, 0.4) is 0 Å². The number of benzene rings is 2. The Kier molecular flexibility index (Phi) is 6.18. The first-order chi connectivity index (χ1) is 15.6. The monoisotopic (exact) mass is 466 g/mol. The molecular formula is C24H26N4O4S. The van der Waals surface area contributed by atoms with Gasteiger partial charge in [-0.3, -0.25) is 14.6 Å². The maximum atomic E-state index is 13.1. The maximum Gasteiger partial charge on any atom is 0.255 e. The van der Waals surface area contributed by atoms with Crippen LogP contribution < -0.4 is 5.32 Å².